The lowest BCUT2D eigenvalue weighted by Crippen LogP contribution is -2.53. The quantitative estimate of drug-likeness (QED) is 0.440. The SMILES string of the molecule is CCC(CCCC(C)C)[C@H]1CCC2C3CC[C@H]4CC(=O)CC[C@]4(C)C3CC[C@@]21C. The molecule has 0 aromatic heterocycles. The van der Waals surface area contributed by atoms with Crippen LogP contribution >= 0.6 is 0 Å². The minimum absolute atomic E-state index is 0.470. The van der Waals surface area contributed by atoms with E-state index in [0.717, 1.165) is 48.3 Å². The normalized spacial score (nSPS) is 45.6. The third-order valence-corrected chi connectivity index (χ3v) is 11.0. The molecule has 0 radical (unpaired) electrons. The molecule has 0 aromatic carbocycles. The average molecular weight is 401 g/mol. The van der Waals surface area contributed by atoms with Gasteiger partial charge in [-0.1, -0.05) is 60.3 Å². The smallest absolute Gasteiger partial charge is 0.133 e. The van der Waals surface area contributed by atoms with Crippen LogP contribution in [0.25, 0.3) is 0 Å². The maximum absolute atomic E-state index is 12.1. The molecule has 4 saturated carbocycles. The summed E-state index contributed by atoms with van der Waals surface area (Å²) in [5.74, 6) is 6.89. The third kappa shape index (κ3) is 3.76. The fraction of sp³-hybridized carbons (Fsp3) is 0.964. The van der Waals surface area contributed by atoms with Crippen LogP contribution in [0.5, 0.6) is 0 Å². The molecule has 0 saturated heterocycles. The first-order valence-corrected chi connectivity index (χ1v) is 13.3. The summed E-state index contributed by atoms with van der Waals surface area (Å²) in [5, 5.41) is 0. The van der Waals surface area contributed by atoms with Crippen molar-refractivity contribution in [2.75, 3.05) is 0 Å². The van der Waals surface area contributed by atoms with E-state index in [1.165, 1.54) is 70.6 Å². The van der Waals surface area contributed by atoms with Gasteiger partial charge in [-0.2, -0.15) is 0 Å². The molecule has 0 N–H and O–H groups in total. The number of fused-ring (bicyclic) bond motifs is 5. The highest BCUT2D eigenvalue weighted by molar-refractivity contribution is 5.79. The van der Waals surface area contributed by atoms with E-state index in [1.54, 1.807) is 0 Å². The second-order valence-electron chi connectivity index (χ2n) is 12.6. The van der Waals surface area contributed by atoms with Crippen LogP contribution in [0.1, 0.15) is 118 Å². The zero-order chi connectivity index (χ0) is 20.8. The van der Waals surface area contributed by atoms with Gasteiger partial charge < -0.3 is 0 Å². The first-order valence-electron chi connectivity index (χ1n) is 13.3. The lowest BCUT2D eigenvalue weighted by molar-refractivity contribution is -0.140. The molecular weight excluding hydrogens is 352 g/mol. The van der Waals surface area contributed by atoms with Gasteiger partial charge in [-0.3, -0.25) is 4.79 Å². The van der Waals surface area contributed by atoms with Gasteiger partial charge in [0.2, 0.25) is 0 Å². The Bertz CT molecular complexity index is 593. The second-order valence-corrected chi connectivity index (χ2v) is 12.6. The number of carbonyl (C=O) groups is 1. The van der Waals surface area contributed by atoms with Gasteiger partial charge in [0.1, 0.15) is 5.78 Å². The molecule has 29 heavy (non-hydrogen) atoms. The van der Waals surface area contributed by atoms with Crippen LogP contribution in [0, 0.1) is 52.3 Å². The molecule has 4 unspecified atom stereocenters. The van der Waals surface area contributed by atoms with Crippen molar-refractivity contribution in [1.82, 2.24) is 0 Å². The molecule has 1 nitrogen and oxygen atoms in total. The van der Waals surface area contributed by atoms with E-state index < -0.39 is 0 Å². The van der Waals surface area contributed by atoms with Crippen molar-refractivity contribution in [2.45, 2.75) is 118 Å². The molecular formula is C28H48O. The molecule has 4 rings (SSSR count). The van der Waals surface area contributed by atoms with Gasteiger partial charge in [0.15, 0.2) is 0 Å². The van der Waals surface area contributed by atoms with Gasteiger partial charge in [0, 0.05) is 12.8 Å². The molecule has 4 aliphatic carbocycles. The van der Waals surface area contributed by atoms with Crippen LogP contribution < -0.4 is 0 Å². The van der Waals surface area contributed by atoms with Crippen molar-refractivity contribution in [1.29, 1.82) is 0 Å². The Morgan fingerprint density at radius 2 is 1.69 bits per heavy atom. The molecule has 4 aliphatic rings. The summed E-state index contributed by atoms with van der Waals surface area (Å²) >= 11 is 0. The minimum atomic E-state index is 0.470. The van der Waals surface area contributed by atoms with Gasteiger partial charge in [0.25, 0.3) is 0 Å². The first-order chi connectivity index (χ1) is 13.8. The first kappa shape index (κ1) is 21.9. The predicted molar refractivity (Wildman–Crippen MR) is 123 cm³/mol. The van der Waals surface area contributed by atoms with Gasteiger partial charge in [-0.15, -0.1) is 0 Å². The van der Waals surface area contributed by atoms with Crippen LogP contribution in [-0.4, -0.2) is 5.78 Å². The van der Waals surface area contributed by atoms with Crippen molar-refractivity contribution in [3.05, 3.63) is 0 Å². The Morgan fingerprint density at radius 3 is 2.41 bits per heavy atom. The molecule has 166 valence electrons. The monoisotopic (exact) mass is 400 g/mol. The van der Waals surface area contributed by atoms with Crippen molar-refractivity contribution in [2.24, 2.45) is 52.3 Å². The van der Waals surface area contributed by atoms with Crippen LogP contribution in [-0.2, 0) is 4.79 Å². The summed E-state index contributed by atoms with van der Waals surface area (Å²) < 4.78 is 0. The fourth-order valence-electron chi connectivity index (χ4n) is 9.34. The minimum Gasteiger partial charge on any atom is -0.300 e. The number of rotatable bonds is 6. The summed E-state index contributed by atoms with van der Waals surface area (Å²) in [6, 6.07) is 0. The molecule has 1 heteroatoms. The van der Waals surface area contributed by atoms with Crippen molar-refractivity contribution in [3.8, 4) is 0 Å². The van der Waals surface area contributed by atoms with Crippen LogP contribution in [0.4, 0.5) is 0 Å². The lowest BCUT2D eigenvalue weighted by atomic mass is 9.44. The number of ketones is 1. The Morgan fingerprint density at radius 1 is 0.931 bits per heavy atom. The molecule has 0 spiro atoms. The van der Waals surface area contributed by atoms with Crippen molar-refractivity contribution < 1.29 is 4.79 Å². The number of Topliss-reactive ketones (excluding diaryl/α,β-unsaturated/α-hetero) is 1. The van der Waals surface area contributed by atoms with Crippen LogP contribution in [0.3, 0.4) is 0 Å². The zero-order valence-electron chi connectivity index (χ0n) is 20.1. The fourth-order valence-corrected chi connectivity index (χ4v) is 9.34. The molecule has 0 aromatic rings. The van der Waals surface area contributed by atoms with Gasteiger partial charge >= 0.3 is 0 Å². The molecule has 0 bridgehead atoms. The Labute approximate surface area is 181 Å². The molecule has 8 atom stereocenters. The van der Waals surface area contributed by atoms with Gasteiger partial charge in [-0.05, 0) is 97.2 Å². The third-order valence-electron chi connectivity index (χ3n) is 11.0. The molecule has 0 aliphatic heterocycles. The largest absolute Gasteiger partial charge is 0.300 e. The Kier molecular flexibility index (Phi) is 6.27. The van der Waals surface area contributed by atoms with E-state index in [0.29, 0.717) is 22.5 Å². The molecule has 0 heterocycles. The van der Waals surface area contributed by atoms with Crippen LogP contribution in [0.2, 0.25) is 0 Å². The number of hydrogen-bond donors (Lipinski definition) is 0. The van der Waals surface area contributed by atoms with Crippen molar-refractivity contribution >= 4 is 5.78 Å². The van der Waals surface area contributed by atoms with Gasteiger partial charge in [-0.25, -0.2) is 0 Å². The number of hydrogen-bond acceptors (Lipinski definition) is 1. The van der Waals surface area contributed by atoms with Crippen LogP contribution in [0.15, 0.2) is 0 Å². The van der Waals surface area contributed by atoms with E-state index in [9.17, 15) is 4.79 Å². The van der Waals surface area contributed by atoms with E-state index in [1.807, 2.05) is 0 Å². The highest BCUT2D eigenvalue weighted by atomic mass is 16.1. The average Bonchev–Trinajstić information content (AvgIpc) is 3.03. The summed E-state index contributed by atoms with van der Waals surface area (Å²) in [4.78, 5) is 12.1. The van der Waals surface area contributed by atoms with E-state index in [4.69, 9.17) is 0 Å². The Balaban J connectivity index is 1.49. The summed E-state index contributed by atoms with van der Waals surface area (Å²) in [5.41, 5.74) is 1.07. The highest BCUT2D eigenvalue weighted by Gasteiger charge is 2.60. The summed E-state index contributed by atoms with van der Waals surface area (Å²) in [7, 11) is 0. The zero-order valence-corrected chi connectivity index (χ0v) is 20.1. The number of carbonyl (C=O) groups excluding carboxylic acids is 1. The summed E-state index contributed by atoms with van der Waals surface area (Å²) in [6.07, 6.45) is 17.4. The lowest BCUT2D eigenvalue weighted by Gasteiger charge is -2.60. The molecule has 0 amide bonds. The maximum Gasteiger partial charge on any atom is 0.133 e. The van der Waals surface area contributed by atoms with E-state index >= 15 is 0 Å². The summed E-state index contributed by atoms with van der Waals surface area (Å²) in [6.45, 7) is 12.5. The van der Waals surface area contributed by atoms with Gasteiger partial charge in [0.05, 0.1) is 0 Å². The molecule has 4 fully saturated rings. The van der Waals surface area contributed by atoms with Crippen molar-refractivity contribution in [3.63, 3.8) is 0 Å². The van der Waals surface area contributed by atoms with E-state index in [2.05, 4.69) is 34.6 Å². The second kappa shape index (κ2) is 8.31. The predicted octanol–water partition coefficient (Wildman–Crippen LogP) is 8.07. The maximum atomic E-state index is 12.1. The highest BCUT2D eigenvalue weighted by Crippen LogP contribution is 2.68. The standard InChI is InChI=1S/C28H48O/c1-6-20(9-7-8-19(2)3)24-12-13-25-23-11-10-21-18-22(29)14-16-27(21,4)26(23)15-17-28(24,25)5/h19-21,23-26H,6-18H2,1-5H3/t20?,21-,23?,24+,25?,26?,27-,28+/m0/s1. The van der Waals surface area contributed by atoms with E-state index in [-0.39, 0.29) is 0 Å². The Hall–Kier alpha value is -0.330. The topological polar surface area (TPSA) is 17.1 Å².